The Morgan fingerprint density at radius 3 is 0.406 bits per heavy atom. The zero-order valence-corrected chi connectivity index (χ0v) is 22.2. The Morgan fingerprint density at radius 2 is 0.406 bits per heavy atom. The van der Waals surface area contributed by atoms with Gasteiger partial charge in [-0.3, -0.25) is 25.3 Å². The normalized spacial score (nSPS) is 7.69. The van der Waals surface area contributed by atoms with E-state index in [1.165, 1.54) is 0 Å². The van der Waals surface area contributed by atoms with Gasteiger partial charge < -0.3 is 84.6 Å². The van der Waals surface area contributed by atoms with E-state index in [0.29, 0.717) is 0 Å². The molecular formula is C3H8Al2N2O21S3Zr. The number of hydrogen-bond donors (Lipinski definition) is 2. The van der Waals surface area contributed by atoms with Crippen molar-refractivity contribution in [2.45, 2.75) is 0 Å². The van der Waals surface area contributed by atoms with Gasteiger partial charge in [0.05, 0.1) is 0 Å². The summed E-state index contributed by atoms with van der Waals surface area (Å²) in [6.45, 7) is 0. The van der Waals surface area contributed by atoms with Crippen LogP contribution in [0.1, 0.15) is 0 Å². The van der Waals surface area contributed by atoms with Crippen LogP contribution in [-0.4, -0.2) is 106 Å². The second-order valence-electron chi connectivity index (χ2n) is 1.97. The van der Waals surface area contributed by atoms with Gasteiger partial charge in [0.2, 0.25) is 0 Å². The van der Waals surface area contributed by atoms with Crippen LogP contribution < -0.4 is 42.9 Å². The van der Waals surface area contributed by atoms with E-state index in [-0.39, 0.29) is 73.2 Å². The summed E-state index contributed by atoms with van der Waals surface area (Å²) in [5.41, 5.74) is 0. The first-order chi connectivity index (χ1) is 11.2. The van der Waals surface area contributed by atoms with Crippen molar-refractivity contribution < 1.29 is 124 Å². The Morgan fingerprint density at radius 1 is 0.406 bits per heavy atom. The predicted molar refractivity (Wildman–Crippen MR) is 71.1 cm³/mol. The van der Waals surface area contributed by atoms with Gasteiger partial charge in [0, 0.05) is 31.2 Å². The molecule has 184 valence electrons. The maximum atomic E-state index is 8.52. The molecule has 0 bridgehead atoms. The molecule has 0 aromatic heterocycles. The second-order valence-corrected chi connectivity index (χ2v) is 4.42. The third kappa shape index (κ3) is 46200. The number of carboxylic acid groups (broad SMARTS) is 6. The van der Waals surface area contributed by atoms with Crippen molar-refractivity contribution in [3.8, 4) is 0 Å². The SMILES string of the molecule is O=C([O-])[O-].O=C([O-])[O-].O=C([O-])[O-].O=S(=O)([O-])[O-].O=S(=O)([O-])[O-].O=S(=O)([O-])[O-].[Al+3].[Al+3].[NH4+].[NH4+].[Zr+4]. The summed E-state index contributed by atoms with van der Waals surface area (Å²) in [5, 5.41) is 50.0. The molecule has 0 spiro atoms. The molecule has 0 saturated heterocycles. The van der Waals surface area contributed by atoms with Gasteiger partial charge in [-0.25, -0.2) is 0 Å². The number of quaternary nitrogens is 2. The van der Waals surface area contributed by atoms with Gasteiger partial charge in [0.15, 0.2) is 0 Å². The molecule has 0 saturated carbocycles. The van der Waals surface area contributed by atoms with E-state index in [9.17, 15) is 0 Å². The van der Waals surface area contributed by atoms with Crippen LogP contribution in [0, 0.1) is 0 Å². The van der Waals surface area contributed by atoms with Crippen LogP contribution in [0.3, 0.4) is 0 Å². The van der Waals surface area contributed by atoms with Crippen molar-refractivity contribution in [1.82, 2.24) is 12.3 Å². The van der Waals surface area contributed by atoms with Crippen LogP contribution in [0.4, 0.5) is 14.4 Å². The fourth-order valence-corrected chi connectivity index (χ4v) is 0. The van der Waals surface area contributed by atoms with E-state index in [1.54, 1.807) is 0 Å². The third-order valence-corrected chi connectivity index (χ3v) is 0. The molecule has 0 amide bonds. The maximum absolute atomic E-state index is 8.52. The molecule has 0 heterocycles. The summed E-state index contributed by atoms with van der Waals surface area (Å²) in [7, 11) is -15.5. The van der Waals surface area contributed by atoms with E-state index in [1.807, 2.05) is 0 Å². The number of carbonyl (C=O) groups is 3. The topological polar surface area (TPSA) is 503 Å². The molecule has 0 fully saturated rings. The molecule has 0 radical (unpaired) electrons. The van der Waals surface area contributed by atoms with E-state index in [2.05, 4.69) is 0 Å². The van der Waals surface area contributed by atoms with Crippen LogP contribution in [0.15, 0.2) is 0 Å². The third-order valence-electron chi connectivity index (χ3n) is 0. The Balaban J connectivity index is -0.0000000179. The molecule has 0 rings (SSSR count). The molecule has 0 unspecified atom stereocenters. The molecule has 0 aliphatic carbocycles. The van der Waals surface area contributed by atoms with E-state index < -0.39 is 49.7 Å². The number of hydrogen-bond acceptors (Lipinski definition) is 21. The summed E-state index contributed by atoms with van der Waals surface area (Å²) < 4.78 is 102. The van der Waals surface area contributed by atoms with Gasteiger partial charge in [-0.2, -0.15) is 0 Å². The minimum Gasteiger partial charge on any atom is -0.759 e. The van der Waals surface area contributed by atoms with Gasteiger partial charge >= 0.3 is 60.9 Å². The summed E-state index contributed by atoms with van der Waals surface area (Å²) in [6.07, 6.45) is -7.00. The molecule has 23 nitrogen and oxygen atoms in total. The van der Waals surface area contributed by atoms with Gasteiger partial charge in [-0.05, 0) is 18.5 Å². The van der Waals surface area contributed by atoms with Crippen molar-refractivity contribution in [2.24, 2.45) is 0 Å². The Hall–Kier alpha value is -0.712. The second kappa shape index (κ2) is 37.6. The molecule has 0 aromatic rings. The first-order valence-corrected chi connectivity index (χ1v) is 7.84. The fraction of sp³-hybridized carbons (Fsp3) is 0. The van der Waals surface area contributed by atoms with Crippen LogP contribution in [-0.2, 0) is 57.4 Å². The molecule has 0 atom stereocenters. The molecule has 8 N–H and O–H groups in total. The molecule has 0 aliphatic rings. The van der Waals surface area contributed by atoms with Crippen molar-refractivity contribution in [1.29, 1.82) is 0 Å². The van der Waals surface area contributed by atoms with E-state index >= 15 is 0 Å². The van der Waals surface area contributed by atoms with Gasteiger partial charge in [0.25, 0.3) is 0 Å². The quantitative estimate of drug-likeness (QED) is 0.140. The average Bonchev–Trinajstić information content (AvgIpc) is 2.01. The summed E-state index contributed by atoms with van der Waals surface area (Å²) in [5.74, 6) is 0. The Bertz CT molecular complexity index is 582. The van der Waals surface area contributed by atoms with Crippen LogP contribution in [0.25, 0.3) is 0 Å². The smallest absolute Gasteiger partial charge is 0.759 e. The summed E-state index contributed by atoms with van der Waals surface area (Å²) in [4.78, 5) is 25.0. The van der Waals surface area contributed by atoms with Gasteiger partial charge in [-0.1, -0.05) is 0 Å². The zero-order valence-electron chi connectivity index (χ0n) is 15.0. The monoisotopic (exact) mass is 648 g/mol. The maximum Gasteiger partial charge on any atom is 4.00 e. The predicted octanol–water partition coefficient (Wildman–Crippen LogP) is -11.4. The van der Waals surface area contributed by atoms with Crippen molar-refractivity contribution in [2.75, 3.05) is 0 Å². The van der Waals surface area contributed by atoms with E-state index in [0.717, 1.165) is 0 Å². The number of carbonyl (C=O) groups excluding carboxylic acids is 3. The number of rotatable bonds is 0. The van der Waals surface area contributed by atoms with E-state index in [4.69, 9.17) is 97.6 Å². The summed E-state index contributed by atoms with van der Waals surface area (Å²) in [6, 6.07) is 0. The zero-order chi connectivity index (χ0) is 24.2. The van der Waals surface area contributed by atoms with Crippen LogP contribution >= 0.6 is 0 Å². The van der Waals surface area contributed by atoms with Gasteiger partial charge in [0.1, 0.15) is 0 Å². The van der Waals surface area contributed by atoms with Crippen molar-refractivity contribution >= 4 is 84.4 Å². The van der Waals surface area contributed by atoms with Crippen molar-refractivity contribution in [3.05, 3.63) is 0 Å². The molecule has 0 aliphatic heterocycles. The van der Waals surface area contributed by atoms with Gasteiger partial charge in [-0.15, -0.1) is 0 Å². The van der Waals surface area contributed by atoms with Crippen molar-refractivity contribution in [3.63, 3.8) is 0 Å². The molecule has 0 aromatic carbocycles. The van der Waals surface area contributed by atoms with Crippen LogP contribution in [0.5, 0.6) is 0 Å². The molecule has 29 heteroatoms. The fourth-order valence-electron chi connectivity index (χ4n) is 0. The largest absolute Gasteiger partial charge is 4.00 e. The minimum absolute atomic E-state index is 0. The first-order valence-electron chi connectivity index (χ1n) is 3.84. The summed E-state index contributed by atoms with van der Waals surface area (Å²) >= 11 is 0. The molecular weight excluding hydrogens is 641 g/mol. The standard InChI is InChI=1S/3CH2O3.2Al.2H3N.3H2O4S.Zr/c3*2-1(3)4;;;;;3*1-5(2,3)4;/h3*(H2,2,3,4);;;2*1H3;3*(H2,1,2,3,4);/q;;;2*+3;;;;;;+4/p-10. The Labute approximate surface area is 219 Å². The molecule has 32 heavy (non-hydrogen) atoms. The Kier molecular flexibility index (Phi) is 81.9. The average molecular weight is 649 g/mol. The van der Waals surface area contributed by atoms with Crippen LogP contribution in [0.2, 0.25) is 0 Å². The minimum atomic E-state index is -5.17. The first kappa shape index (κ1) is 69.7.